The highest BCUT2D eigenvalue weighted by molar-refractivity contribution is 9.10. The van der Waals surface area contributed by atoms with Crippen molar-refractivity contribution in [3.63, 3.8) is 0 Å². The third-order valence-corrected chi connectivity index (χ3v) is 7.91. The zero-order valence-electron chi connectivity index (χ0n) is 22.7. The van der Waals surface area contributed by atoms with Crippen LogP contribution in [0.4, 0.5) is 17.1 Å². The van der Waals surface area contributed by atoms with E-state index in [0.29, 0.717) is 0 Å². The minimum absolute atomic E-state index is 1.10. The van der Waals surface area contributed by atoms with Crippen LogP contribution < -0.4 is 4.90 Å². The van der Waals surface area contributed by atoms with E-state index in [9.17, 15) is 0 Å². The van der Waals surface area contributed by atoms with Gasteiger partial charge in [0.2, 0.25) is 0 Å². The lowest BCUT2D eigenvalue weighted by Crippen LogP contribution is -2.10. The predicted molar refractivity (Wildman–Crippen MR) is 175 cm³/mol. The van der Waals surface area contributed by atoms with E-state index in [4.69, 9.17) is 0 Å². The Morgan fingerprint density at radius 2 is 0.800 bits per heavy atom. The van der Waals surface area contributed by atoms with Crippen molar-refractivity contribution in [3.8, 4) is 33.4 Å². The van der Waals surface area contributed by atoms with Gasteiger partial charge in [-0.25, -0.2) is 0 Å². The molecule has 0 unspecified atom stereocenters. The lowest BCUT2D eigenvalue weighted by Gasteiger charge is -2.27. The first-order valence-electron chi connectivity index (χ1n) is 13.5. The molecule has 6 aromatic carbocycles. The first kappa shape index (κ1) is 25.9. The monoisotopic (exact) mass is 579 g/mol. The van der Waals surface area contributed by atoms with Crippen LogP contribution in [0.5, 0.6) is 0 Å². The Hall–Kier alpha value is -4.40. The number of benzene rings is 6. The van der Waals surface area contributed by atoms with Gasteiger partial charge in [0.1, 0.15) is 0 Å². The van der Waals surface area contributed by atoms with Gasteiger partial charge in [-0.3, -0.25) is 0 Å². The predicted octanol–water partition coefficient (Wildman–Crippen LogP) is 11.5. The molecule has 6 rings (SSSR count). The fourth-order valence-electron chi connectivity index (χ4n) is 5.33. The highest BCUT2D eigenvalue weighted by Gasteiger charge is 2.15. The topological polar surface area (TPSA) is 3.24 Å². The number of anilines is 3. The second-order valence-electron chi connectivity index (χ2n) is 10.1. The van der Waals surface area contributed by atoms with Gasteiger partial charge in [-0.15, -0.1) is 0 Å². The molecular formula is C38H30BrN. The van der Waals surface area contributed by atoms with Crippen molar-refractivity contribution in [1.29, 1.82) is 0 Å². The summed E-state index contributed by atoms with van der Waals surface area (Å²) in [5.41, 5.74) is 13.3. The zero-order valence-corrected chi connectivity index (χ0v) is 24.3. The molecule has 0 aliphatic heterocycles. The average molecular weight is 581 g/mol. The molecule has 0 fully saturated rings. The molecule has 0 atom stereocenters. The van der Waals surface area contributed by atoms with Crippen LogP contribution in [0.25, 0.3) is 33.4 Å². The molecule has 2 heteroatoms. The lowest BCUT2D eigenvalue weighted by molar-refractivity contribution is 1.27. The standard InChI is InChI=1S/C38H30BrN/c1-27-25-33(39)17-23-37(27)38-24-22-36(26-28(38)2)40(34-18-13-31(14-19-34)29-9-5-3-6-10-29)35-20-15-32(16-21-35)30-11-7-4-8-12-30/h3-26H,1-2H3. The molecule has 0 saturated heterocycles. The van der Waals surface area contributed by atoms with Gasteiger partial charge in [-0.1, -0.05) is 113 Å². The zero-order chi connectivity index (χ0) is 27.5. The van der Waals surface area contributed by atoms with E-state index in [1.165, 1.54) is 44.5 Å². The van der Waals surface area contributed by atoms with Gasteiger partial charge in [0.15, 0.2) is 0 Å². The summed E-state index contributed by atoms with van der Waals surface area (Å²) in [6.45, 7) is 4.37. The smallest absolute Gasteiger partial charge is 0.0464 e. The number of rotatable bonds is 6. The van der Waals surface area contributed by atoms with Gasteiger partial charge in [-0.2, -0.15) is 0 Å². The maximum absolute atomic E-state index is 3.60. The summed E-state index contributed by atoms with van der Waals surface area (Å²) in [5.74, 6) is 0. The second kappa shape index (κ2) is 11.4. The van der Waals surface area contributed by atoms with Crippen molar-refractivity contribution in [2.24, 2.45) is 0 Å². The van der Waals surface area contributed by atoms with Crippen LogP contribution in [-0.2, 0) is 0 Å². The Morgan fingerprint density at radius 1 is 0.400 bits per heavy atom. The van der Waals surface area contributed by atoms with Crippen molar-refractivity contribution in [2.75, 3.05) is 4.90 Å². The molecule has 0 radical (unpaired) electrons. The summed E-state index contributed by atoms with van der Waals surface area (Å²) >= 11 is 3.60. The minimum Gasteiger partial charge on any atom is -0.310 e. The van der Waals surface area contributed by atoms with Crippen molar-refractivity contribution in [1.82, 2.24) is 0 Å². The number of nitrogens with zero attached hydrogens (tertiary/aromatic N) is 1. The van der Waals surface area contributed by atoms with Gasteiger partial charge >= 0.3 is 0 Å². The molecule has 1 nitrogen and oxygen atoms in total. The molecule has 0 bridgehead atoms. The SMILES string of the molecule is Cc1cc(Br)ccc1-c1ccc(N(c2ccc(-c3ccccc3)cc2)c2ccc(-c3ccccc3)cc2)cc1C. The van der Waals surface area contributed by atoms with Crippen LogP contribution in [0.15, 0.2) is 150 Å². The van der Waals surface area contributed by atoms with Gasteiger partial charge in [-0.05, 0) is 107 Å². The van der Waals surface area contributed by atoms with Crippen LogP contribution in [-0.4, -0.2) is 0 Å². The molecule has 0 heterocycles. The summed E-state index contributed by atoms with van der Waals surface area (Å²) in [4.78, 5) is 2.34. The molecule has 0 saturated carbocycles. The first-order chi connectivity index (χ1) is 19.6. The Morgan fingerprint density at radius 3 is 1.25 bits per heavy atom. The van der Waals surface area contributed by atoms with Crippen molar-refractivity contribution < 1.29 is 0 Å². The fraction of sp³-hybridized carbons (Fsp3) is 0.0526. The maximum atomic E-state index is 3.60. The molecule has 0 aromatic heterocycles. The van der Waals surface area contributed by atoms with E-state index in [2.05, 4.69) is 180 Å². The summed E-state index contributed by atoms with van der Waals surface area (Å²) in [6, 6.07) is 52.1. The molecule has 0 amide bonds. The van der Waals surface area contributed by atoms with Crippen LogP contribution in [0.1, 0.15) is 11.1 Å². The maximum Gasteiger partial charge on any atom is 0.0464 e. The lowest BCUT2D eigenvalue weighted by atomic mass is 9.96. The van der Waals surface area contributed by atoms with E-state index in [-0.39, 0.29) is 0 Å². The quantitative estimate of drug-likeness (QED) is 0.189. The van der Waals surface area contributed by atoms with Gasteiger partial charge < -0.3 is 4.90 Å². The molecule has 0 N–H and O–H groups in total. The van der Waals surface area contributed by atoms with E-state index in [1.54, 1.807) is 0 Å². The van der Waals surface area contributed by atoms with Crippen molar-refractivity contribution in [2.45, 2.75) is 13.8 Å². The van der Waals surface area contributed by atoms with Crippen LogP contribution in [0, 0.1) is 13.8 Å². The largest absolute Gasteiger partial charge is 0.310 e. The van der Waals surface area contributed by atoms with Gasteiger partial charge in [0, 0.05) is 21.5 Å². The van der Waals surface area contributed by atoms with Crippen LogP contribution in [0.2, 0.25) is 0 Å². The third-order valence-electron chi connectivity index (χ3n) is 7.41. The molecule has 0 spiro atoms. The molecule has 6 aromatic rings. The highest BCUT2D eigenvalue weighted by atomic mass is 79.9. The van der Waals surface area contributed by atoms with E-state index in [1.807, 2.05) is 0 Å². The fourth-order valence-corrected chi connectivity index (χ4v) is 5.81. The average Bonchev–Trinajstić information content (AvgIpc) is 2.99. The molecule has 0 aliphatic rings. The third kappa shape index (κ3) is 5.36. The Kier molecular flexibility index (Phi) is 7.35. The first-order valence-corrected chi connectivity index (χ1v) is 14.3. The van der Waals surface area contributed by atoms with Gasteiger partial charge in [0.25, 0.3) is 0 Å². The second-order valence-corrected chi connectivity index (χ2v) is 11.0. The number of aryl methyl sites for hydroxylation is 2. The summed E-state index contributed by atoms with van der Waals surface area (Å²) < 4.78 is 1.10. The normalized spacial score (nSPS) is 10.9. The van der Waals surface area contributed by atoms with E-state index in [0.717, 1.165) is 21.5 Å². The Balaban J connectivity index is 1.42. The highest BCUT2D eigenvalue weighted by Crippen LogP contribution is 2.39. The number of hydrogen-bond donors (Lipinski definition) is 0. The molecule has 0 aliphatic carbocycles. The molecule has 40 heavy (non-hydrogen) atoms. The number of halogens is 1. The van der Waals surface area contributed by atoms with Crippen LogP contribution >= 0.6 is 15.9 Å². The molecule has 194 valence electrons. The minimum atomic E-state index is 1.10. The summed E-state index contributed by atoms with van der Waals surface area (Å²) in [6.07, 6.45) is 0. The van der Waals surface area contributed by atoms with E-state index >= 15 is 0 Å². The van der Waals surface area contributed by atoms with Crippen molar-refractivity contribution in [3.05, 3.63) is 161 Å². The Bertz CT molecular complexity index is 1660. The Labute approximate surface area is 245 Å². The summed E-state index contributed by atoms with van der Waals surface area (Å²) in [5, 5.41) is 0. The van der Waals surface area contributed by atoms with E-state index < -0.39 is 0 Å². The molecular weight excluding hydrogens is 550 g/mol. The van der Waals surface area contributed by atoms with Crippen molar-refractivity contribution >= 4 is 33.0 Å². The van der Waals surface area contributed by atoms with Gasteiger partial charge in [0.05, 0.1) is 0 Å². The van der Waals surface area contributed by atoms with Crippen LogP contribution in [0.3, 0.4) is 0 Å². The number of hydrogen-bond acceptors (Lipinski definition) is 1. The summed E-state index contributed by atoms with van der Waals surface area (Å²) in [7, 11) is 0.